The predicted molar refractivity (Wildman–Crippen MR) is 121 cm³/mol. The van der Waals surface area contributed by atoms with Gasteiger partial charge in [0.1, 0.15) is 6.54 Å². The molecule has 1 amide bonds. The minimum atomic E-state index is -0.387. The zero-order chi connectivity index (χ0) is 21.8. The molecule has 162 valence electrons. The third kappa shape index (κ3) is 5.11. The van der Waals surface area contributed by atoms with Gasteiger partial charge in [-0.3, -0.25) is 24.4 Å². The Morgan fingerprint density at radius 3 is 2.52 bits per heavy atom. The second kappa shape index (κ2) is 9.31. The first-order valence-electron chi connectivity index (χ1n) is 10.8. The van der Waals surface area contributed by atoms with E-state index in [0.29, 0.717) is 17.3 Å². The monoisotopic (exact) mass is 420 g/mol. The highest BCUT2D eigenvalue weighted by Gasteiger charge is 2.16. The zero-order valence-electron chi connectivity index (χ0n) is 17.8. The molecule has 1 saturated heterocycles. The third-order valence-electron chi connectivity index (χ3n) is 5.85. The number of carbonyl (C=O) groups is 1. The maximum Gasteiger partial charge on any atom is 0.273 e. The van der Waals surface area contributed by atoms with E-state index < -0.39 is 0 Å². The lowest BCUT2D eigenvalue weighted by molar-refractivity contribution is -0.122. The van der Waals surface area contributed by atoms with Crippen LogP contribution in [-0.4, -0.2) is 33.7 Å². The lowest BCUT2D eigenvalue weighted by Crippen LogP contribution is -2.36. The summed E-state index contributed by atoms with van der Waals surface area (Å²) in [6.07, 6.45) is 2.57. The van der Waals surface area contributed by atoms with Gasteiger partial charge in [0.25, 0.3) is 11.1 Å². The minimum absolute atomic E-state index is 0.232. The summed E-state index contributed by atoms with van der Waals surface area (Å²) in [4.78, 5) is 39.5. The average Bonchev–Trinajstić information content (AvgIpc) is 2.77. The van der Waals surface area contributed by atoms with Gasteiger partial charge < -0.3 is 5.32 Å². The Morgan fingerprint density at radius 1 is 1.06 bits per heavy atom. The van der Waals surface area contributed by atoms with Crippen LogP contribution in [0.5, 0.6) is 0 Å². The number of rotatable bonds is 6. The Hall–Kier alpha value is -3.19. The predicted octanol–water partition coefficient (Wildman–Crippen LogP) is 2.24. The molecule has 0 aliphatic carbocycles. The zero-order valence-corrected chi connectivity index (χ0v) is 17.8. The Kier molecular flexibility index (Phi) is 6.32. The van der Waals surface area contributed by atoms with E-state index in [4.69, 9.17) is 0 Å². The Morgan fingerprint density at radius 2 is 1.77 bits per heavy atom. The van der Waals surface area contributed by atoms with Crippen LogP contribution in [0.25, 0.3) is 10.8 Å². The number of hydrogen-bond acceptors (Lipinski definition) is 4. The van der Waals surface area contributed by atoms with E-state index in [9.17, 15) is 14.4 Å². The summed E-state index contributed by atoms with van der Waals surface area (Å²) >= 11 is 0. The van der Waals surface area contributed by atoms with Crippen LogP contribution < -0.4 is 16.4 Å². The second-order valence-corrected chi connectivity index (χ2v) is 8.45. The van der Waals surface area contributed by atoms with E-state index in [1.807, 2.05) is 12.1 Å². The van der Waals surface area contributed by atoms with Crippen LogP contribution >= 0.6 is 0 Å². The molecule has 7 nitrogen and oxygen atoms in total. The standard InChI is InChI=1S/C24H28N4O3/c1-17-5-4-12-27(14-17)15-19-10-8-18(9-11-19)13-25-22(29)16-28-24(31)21-7-3-2-6-20(21)23(30)26-28/h2-3,6-11,17H,4-5,12-16H2,1H3,(H,25,29)(H,26,30). The molecule has 1 aromatic heterocycles. The number of benzene rings is 2. The summed E-state index contributed by atoms with van der Waals surface area (Å²) in [6.45, 7) is 5.69. The Labute approximate surface area is 180 Å². The van der Waals surface area contributed by atoms with E-state index in [1.165, 1.54) is 18.4 Å². The van der Waals surface area contributed by atoms with Crippen LogP contribution in [0.1, 0.15) is 30.9 Å². The topological polar surface area (TPSA) is 87.2 Å². The van der Waals surface area contributed by atoms with Crippen LogP contribution in [0.4, 0.5) is 0 Å². The van der Waals surface area contributed by atoms with Crippen molar-refractivity contribution in [1.29, 1.82) is 0 Å². The van der Waals surface area contributed by atoms with Crippen molar-refractivity contribution >= 4 is 16.7 Å². The van der Waals surface area contributed by atoms with E-state index >= 15 is 0 Å². The summed E-state index contributed by atoms with van der Waals surface area (Å²) in [5, 5.41) is 5.92. The number of carbonyl (C=O) groups excluding carboxylic acids is 1. The number of H-pyrrole nitrogens is 1. The number of amides is 1. The lowest BCUT2D eigenvalue weighted by atomic mass is 9.99. The van der Waals surface area contributed by atoms with Crippen LogP contribution in [0.15, 0.2) is 58.1 Å². The number of fused-ring (bicyclic) bond motifs is 1. The van der Waals surface area contributed by atoms with E-state index in [0.717, 1.165) is 35.8 Å². The van der Waals surface area contributed by atoms with Crippen LogP contribution in [0.2, 0.25) is 0 Å². The fraction of sp³-hybridized carbons (Fsp3) is 0.375. The summed E-state index contributed by atoms with van der Waals surface area (Å²) in [6, 6.07) is 14.8. The average molecular weight is 421 g/mol. The normalized spacial score (nSPS) is 17.0. The van der Waals surface area contributed by atoms with Gasteiger partial charge in [0.05, 0.1) is 10.8 Å². The molecule has 31 heavy (non-hydrogen) atoms. The molecule has 1 atom stereocenters. The molecule has 2 aromatic carbocycles. The van der Waals surface area contributed by atoms with Gasteiger partial charge in [0.2, 0.25) is 5.91 Å². The van der Waals surface area contributed by atoms with Crippen molar-refractivity contribution in [3.8, 4) is 0 Å². The van der Waals surface area contributed by atoms with Gasteiger partial charge in [-0.25, -0.2) is 4.68 Å². The second-order valence-electron chi connectivity index (χ2n) is 8.45. The minimum Gasteiger partial charge on any atom is -0.350 e. The van der Waals surface area contributed by atoms with Crippen molar-refractivity contribution in [2.45, 2.75) is 39.4 Å². The largest absolute Gasteiger partial charge is 0.350 e. The number of aromatic amines is 1. The fourth-order valence-corrected chi connectivity index (χ4v) is 4.21. The summed E-state index contributed by atoms with van der Waals surface area (Å²) in [5.74, 6) is 0.424. The van der Waals surface area contributed by atoms with E-state index in [2.05, 4.69) is 34.4 Å². The molecule has 0 saturated carbocycles. The van der Waals surface area contributed by atoms with Crippen molar-refractivity contribution < 1.29 is 4.79 Å². The van der Waals surface area contributed by atoms with Crippen molar-refractivity contribution in [1.82, 2.24) is 20.0 Å². The first-order chi connectivity index (χ1) is 15.0. The quantitative estimate of drug-likeness (QED) is 0.640. The van der Waals surface area contributed by atoms with Gasteiger partial charge in [-0.15, -0.1) is 0 Å². The molecule has 1 aliphatic heterocycles. The lowest BCUT2D eigenvalue weighted by Gasteiger charge is -2.30. The number of likely N-dealkylation sites (tertiary alicyclic amines) is 1. The van der Waals surface area contributed by atoms with Gasteiger partial charge in [-0.1, -0.05) is 43.3 Å². The van der Waals surface area contributed by atoms with Gasteiger partial charge in [0, 0.05) is 19.6 Å². The van der Waals surface area contributed by atoms with E-state index in [1.54, 1.807) is 24.3 Å². The molecule has 4 rings (SSSR count). The molecular weight excluding hydrogens is 392 g/mol. The summed E-state index contributed by atoms with van der Waals surface area (Å²) < 4.78 is 1.06. The smallest absolute Gasteiger partial charge is 0.273 e. The molecular formula is C24H28N4O3. The van der Waals surface area contributed by atoms with Gasteiger partial charge in [-0.05, 0) is 48.6 Å². The third-order valence-corrected chi connectivity index (χ3v) is 5.85. The summed E-state index contributed by atoms with van der Waals surface area (Å²) in [7, 11) is 0. The van der Waals surface area contributed by atoms with Crippen LogP contribution in [0.3, 0.4) is 0 Å². The molecule has 3 aromatic rings. The van der Waals surface area contributed by atoms with Gasteiger partial charge >= 0.3 is 0 Å². The number of nitrogens with zero attached hydrogens (tertiary/aromatic N) is 2. The number of hydrogen-bond donors (Lipinski definition) is 2. The first-order valence-corrected chi connectivity index (χ1v) is 10.8. The summed E-state index contributed by atoms with van der Waals surface area (Å²) in [5.41, 5.74) is 1.48. The molecule has 1 unspecified atom stereocenters. The molecule has 2 N–H and O–H groups in total. The van der Waals surface area contributed by atoms with E-state index in [-0.39, 0.29) is 23.6 Å². The number of piperidine rings is 1. The van der Waals surface area contributed by atoms with Crippen LogP contribution in [0, 0.1) is 5.92 Å². The molecule has 0 bridgehead atoms. The van der Waals surface area contributed by atoms with Crippen molar-refractivity contribution in [3.05, 3.63) is 80.4 Å². The molecule has 7 heteroatoms. The maximum absolute atomic E-state index is 12.5. The molecule has 1 aliphatic rings. The molecule has 0 radical (unpaired) electrons. The highest BCUT2D eigenvalue weighted by atomic mass is 16.2. The maximum atomic E-state index is 12.5. The highest BCUT2D eigenvalue weighted by Crippen LogP contribution is 2.18. The van der Waals surface area contributed by atoms with Crippen molar-refractivity contribution in [3.63, 3.8) is 0 Å². The van der Waals surface area contributed by atoms with Crippen LogP contribution in [-0.2, 0) is 24.4 Å². The van der Waals surface area contributed by atoms with Crippen molar-refractivity contribution in [2.24, 2.45) is 5.92 Å². The highest BCUT2D eigenvalue weighted by molar-refractivity contribution is 5.81. The fourth-order valence-electron chi connectivity index (χ4n) is 4.21. The van der Waals surface area contributed by atoms with Gasteiger partial charge in [0.15, 0.2) is 0 Å². The number of nitrogens with one attached hydrogen (secondary N) is 2. The SMILES string of the molecule is CC1CCCN(Cc2ccc(CNC(=O)Cn3[nH]c(=O)c4ccccc4c3=O)cc2)C1. The molecule has 2 heterocycles. The van der Waals surface area contributed by atoms with Gasteiger partial charge in [-0.2, -0.15) is 0 Å². The Balaban J connectivity index is 1.34. The Bertz CT molecular complexity index is 1180. The first kappa shape index (κ1) is 21.1. The molecule has 0 spiro atoms. The van der Waals surface area contributed by atoms with Crippen molar-refractivity contribution in [2.75, 3.05) is 13.1 Å². The molecule has 1 fully saturated rings. The number of aromatic nitrogens is 2.